The van der Waals surface area contributed by atoms with Crippen molar-refractivity contribution in [2.45, 2.75) is 56.3 Å². The lowest BCUT2D eigenvalue weighted by atomic mass is 9.65. The van der Waals surface area contributed by atoms with Gasteiger partial charge in [-0.15, -0.1) is 12.4 Å². The van der Waals surface area contributed by atoms with Gasteiger partial charge in [-0.2, -0.15) is 0 Å². The molecule has 2 aliphatic heterocycles. The van der Waals surface area contributed by atoms with Crippen LogP contribution in [0.4, 0.5) is 0 Å². The zero-order chi connectivity index (χ0) is 24.4. The van der Waals surface area contributed by atoms with Crippen LogP contribution in [-0.2, 0) is 18.5 Å². The predicted molar refractivity (Wildman–Crippen MR) is 153 cm³/mol. The van der Waals surface area contributed by atoms with Gasteiger partial charge in [0.15, 0.2) is 16.6 Å². The summed E-state index contributed by atoms with van der Waals surface area (Å²) in [4.78, 5) is 2.69. The van der Waals surface area contributed by atoms with Crippen molar-refractivity contribution < 1.29 is 9.47 Å². The Kier molecular flexibility index (Phi) is 7.89. The Labute approximate surface area is 231 Å². The minimum Gasteiger partial charge on any atom is -0.454 e. The van der Waals surface area contributed by atoms with Crippen molar-refractivity contribution in [2.75, 3.05) is 13.3 Å². The molecule has 0 spiro atoms. The second-order valence-corrected chi connectivity index (χ2v) is 10.6. The molecule has 37 heavy (non-hydrogen) atoms. The fraction of sp³-hybridized carbons (Fsp3) is 0.367. The molecule has 0 amide bonds. The first kappa shape index (κ1) is 25.8. The van der Waals surface area contributed by atoms with E-state index in [-0.39, 0.29) is 17.8 Å². The fourth-order valence-electron chi connectivity index (χ4n) is 6.34. The van der Waals surface area contributed by atoms with Crippen molar-refractivity contribution in [3.05, 3.63) is 95.6 Å². The maximum absolute atomic E-state index is 5.76. The summed E-state index contributed by atoms with van der Waals surface area (Å²) in [6.45, 7) is 3.12. The number of ether oxygens (including phenoxy) is 2. The molecule has 0 radical (unpaired) electrons. The number of thiocarbonyl (C=S) groups is 1. The highest BCUT2D eigenvalue weighted by atomic mass is 35.5. The van der Waals surface area contributed by atoms with Gasteiger partial charge >= 0.3 is 0 Å². The van der Waals surface area contributed by atoms with E-state index in [0.717, 1.165) is 61.9 Å². The molecule has 194 valence electrons. The van der Waals surface area contributed by atoms with Gasteiger partial charge in [-0.3, -0.25) is 4.90 Å². The summed E-state index contributed by atoms with van der Waals surface area (Å²) in [6.07, 6.45) is 4.45. The van der Waals surface area contributed by atoms with Gasteiger partial charge in [0.2, 0.25) is 6.79 Å². The first-order valence-electron chi connectivity index (χ1n) is 13.0. The first-order chi connectivity index (χ1) is 17.7. The van der Waals surface area contributed by atoms with Crippen molar-refractivity contribution in [2.24, 2.45) is 0 Å². The van der Waals surface area contributed by atoms with E-state index in [1.807, 2.05) is 6.07 Å². The second kappa shape index (κ2) is 11.3. The Hall–Kier alpha value is -2.80. The molecule has 0 bridgehead atoms. The van der Waals surface area contributed by atoms with Gasteiger partial charge < -0.3 is 20.1 Å². The van der Waals surface area contributed by atoms with E-state index in [4.69, 9.17) is 21.7 Å². The van der Waals surface area contributed by atoms with Crippen molar-refractivity contribution in [3.63, 3.8) is 0 Å². The molecular formula is C30H34ClN3O2S. The highest BCUT2D eigenvalue weighted by Crippen LogP contribution is 2.51. The van der Waals surface area contributed by atoms with E-state index >= 15 is 0 Å². The lowest BCUT2D eigenvalue weighted by Gasteiger charge is -2.45. The highest BCUT2D eigenvalue weighted by molar-refractivity contribution is 7.80. The molecule has 2 heterocycles. The normalized spacial score (nSPS) is 24.1. The van der Waals surface area contributed by atoms with Crippen LogP contribution in [-0.4, -0.2) is 35.4 Å². The third-order valence-corrected chi connectivity index (χ3v) is 8.44. The number of likely N-dealkylation sites (tertiary alicyclic amines) is 1. The predicted octanol–water partition coefficient (Wildman–Crippen LogP) is 5.57. The van der Waals surface area contributed by atoms with Gasteiger partial charge in [-0.1, -0.05) is 66.7 Å². The van der Waals surface area contributed by atoms with Crippen LogP contribution < -0.4 is 20.1 Å². The molecule has 1 saturated carbocycles. The third kappa shape index (κ3) is 5.42. The van der Waals surface area contributed by atoms with E-state index < -0.39 is 0 Å². The number of hydrogen-bond acceptors (Lipinski definition) is 4. The molecule has 6 rings (SSSR count). The summed E-state index contributed by atoms with van der Waals surface area (Å²) in [6, 6.07) is 28.6. The van der Waals surface area contributed by atoms with E-state index in [2.05, 4.69) is 88.3 Å². The van der Waals surface area contributed by atoms with Crippen molar-refractivity contribution in [3.8, 4) is 11.5 Å². The smallest absolute Gasteiger partial charge is 0.231 e. The topological polar surface area (TPSA) is 45.8 Å². The van der Waals surface area contributed by atoms with Crippen LogP contribution in [0.3, 0.4) is 0 Å². The van der Waals surface area contributed by atoms with E-state index in [0.29, 0.717) is 18.9 Å². The Morgan fingerprint density at radius 2 is 1.65 bits per heavy atom. The molecule has 1 saturated heterocycles. The summed E-state index contributed by atoms with van der Waals surface area (Å²) in [7, 11) is 0. The van der Waals surface area contributed by atoms with Crippen molar-refractivity contribution in [1.82, 2.24) is 15.5 Å². The number of hydrogen-bond donors (Lipinski definition) is 2. The summed E-state index contributed by atoms with van der Waals surface area (Å²) < 4.78 is 11.4. The SMILES string of the molecule is Cl.S=C(NCc1ccccc1)NC1CCC2(c3ccc4c(c3)OCO4)CCN(Cc3ccccc3)C2C1. The number of nitrogens with one attached hydrogen (secondary N) is 2. The van der Waals surface area contributed by atoms with Crippen molar-refractivity contribution in [1.29, 1.82) is 0 Å². The molecule has 0 aromatic heterocycles. The number of halogens is 1. The third-order valence-electron chi connectivity index (χ3n) is 8.18. The molecule has 1 aliphatic carbocycles. The monoisotopic (exact) mass is 535 g/mol. The molecule has 3 aromatic carbocycles. The van der Waals surface area contributed by atoms with Crippen LogP contribution >= 0.6 is 24.6 Å². The quantitative estimate of drug-likeness (QED) is 0.403. The summed E-state index contributed by atoms with van der Waals surface area (Å²) in [5, 5.41) is 7.79. The molecule has 3 atom stereocenters. The maximum Gasteiger partial charge on any atom is 0.231 e. The van der Waals surface area contributed by atoms with Crippen LogP contribution in [0.2, 0.25) is 0 Å². The Morgan fingerprint density at radius 3 is 2.43 bits per heavy atom. The average Bonchev–Trinajstić information content (AvgIpc) is 3.54. The lowest BCUT2D eigenvalue weighted by Crippen LogP contribution is -2.53. The Bertz CT molecular complexity index is 1210. The molecule has 7 heteroatoms. The van der Waals surface area contributed by atoms with Gasteiger partial charge in [-0.25, -0.2) is 0 Å². The number of rotatable bonds is 6. The molecule has 2 N–H and O–H groups in total. The van der Waals surface area contributed by atoms with Crippen LogP contribution in [0.1, 0.15) is 42.4 Å². The van der Waals surface area contributed by atoms with Crippen LogP contribution in [0, 0.1) is 0 Å². The summed E-state index contributed by atoms with van der Waals surface area (Å²) in [5.41, 5.74) is 4.11. The number of benzene rings is 3. The first-order valence-corrected chi connectivity index (χ1v) is 13.4. The summed E-state index contributed by atoms with van der Waals surface area (Å²) in [5.74, 6) is 1.74. The van der Waals surface area contributed by atoms with Gasteiger partial charge in [-0.05, 0) is 73.3 Å². The van der Waals surface area contributed by atoms with Gasteiger partial charge in [0, 0.05) is 30.6 Å². The number of fused-ring (bicyclic) bond motifs is 2. The average molecular weight is 536 g/mol. The highest BCUT2D eigenvalue weighted by Gasteiger charge is 2.51. The van der Waals surface area contributed by atoms with Crippen LogP contribution in [0.15, 0.2) is 78.9 Å². The zero-order valence-electron chi connectivity index (χ0n) is 20.9. The van der Waals surface area contributed by atoms with E-state index in [1.165, 1.54) is 16.7 Å². The van der Waals surface area contributed by atoms with Gasteiger partial charge in [0.05, 0.1) is 0 Å². The largest absolute Gasteiger partial charge is 0.454 e. The molecular weight excluding hydrogens is 502 g/mol. The van der Waals surface area contributed by atoms with E-state index in [9.17, 15) is 0 Å². The minimum atomic E-state index is 0. The standard InChI is InChI=1S/C30H33N3O2S.ClH/c36-29(31-19-22-7-3-1-4-8-22)32-25-13-14-30(24-11-12-26-27(17-24)35-21-34-26)15-16-33(28(30)18-25)20-23-9-5-2-6-10-23;/h1-12,17,25,28H,13-16,18-21H2,(H2,31,32,36);1H. The van der Waals surface area contributed by atoms with Gasteiger partial charge in [0.1, 0.15) is 0 Å². The molecule has 3 aliphatic rings. The van der Waals surface area contributed by atoms with Crippen molar-refractivity contribution >= 4 is 29.7 Å². The number of nitrogens with zero attached hydrogens (tertiary/aromatic N) is 1. The fourth-order valence-corrected chi connectivity index (χ4v) is 6.58. The molecule has 3 aromatic rings. The molecule has 5 nitrogen and oxygen atoms in total. The van der Waals surface area contributed by atoms with Gasteiger partial charge in [0.25, 0.3) is 0 Å². The lowest BCUT2D eigenvalue weighted by molar-refractivity contribution is 0.134. The van der Waals surface area contributed by atoms with E-state index in [1.54, 1.807) is 0 Å². The minimum absolute atomic E-state index is 0. The summed E-state index contributed by atoms with van der Waals surface area (Å²) >= 11 is 5.70. The Morgan fingerprint density at radius 1 is 0.919 bits per heavy atom. The second-order valence-electron chi connectivity index (χ2n) is 10.2. The van der Waals surface area contributed by atoms with Crippen LogP contribution in [0.5, 0.6) is 11.5 Å². The maximum atomic E-state index is 5.76. The molecule has 3 unspecified atom stereocenters. The zero-order valence-corrected chi connectivity index (χ0v) is 22.5. The molecule has 2 fully saturated rings. The Balaban J connectivity index is 0.00000280. The van der Waals surface area contributed by atoms with Crippen LogP contribution in [0.25, 0.3) is 0 Å².